The summed E-state index contributed by atoms with van der Waals surface area (Å²) in [5.41, 5.74) is 1.23. The van der Waals surface area contributed by atoms with Crippen LogP contribution in [0.3, 0.4) is 0 Å². The maximum atomic E-state index is 6.03. The first-order valence-corrected chi connectivity index (χ1v) is 13.9. The maximum absolute atomic E-state index is 6.03. The van der Waals surface area contributed by atoms with Gasteiger partial charge in [-0.3, -0.25) is 0 Å². The Morgan fingerprint density at radius 1 is 0.900 bits per heavy atom. The molecule has 0 bridgehead atoms. The van der Waals surface area contributed by atoms with E-state index in [9.17, 15) is 0 Å². The summed E-state index contributed by atoms with van der Waals surface area (Å²) < 4.78 is 17.4. The normalized spacial score (nSPS) is 12.3. The summed E-state index contributed by atoms with van der Waals surface area (Å²) in [6.45, 7) is 13.9. The monoisotopic (exact) mass is 312 g/mol. The molecule has 0 unspecified atom stereocenters. The number of benzene rings is 1. The second kappa shape index (κ2) is 6.78. The van der Waals surface area contributed by atoms with E-state index in [-0.39, 0.29) is 0 Å². The summed E-state index contributed by atoms with van der Waals surface area (Å²) in [6, 6.07) is 6.18. The zero-order chi connectivity index (χ0) is 15.4. The Kier molecular flexibility index (Phi) is 5.85. The molecule has 0 radical (unpaired) electrons. The first kappa shape index (κ1) is 17.3. The Bertz CT molecular complexity index is 434. The smallest absolute Gasteiger partial charge is 0.242 e. The fourth-order valence-electron chi connectivity index (χ4n) is 1.76. The Hall–Kier alpha value is -0.786. The highest BCUT2D eigenvalue weighted by Crippen LogP contribution is 2.30. The van der Waals surface area contributed by atoms with Crippen molar-refractivity contribution in [1.29, 1.82) is 0 Å². The third-order valence-corrected chi connectivity index (χ3v) is 4.47. The highest BCUT2D eigenvalue weighted by molar-refractivity contribution is 6.70. The Balaban J connectivity index is 2.72. The molecular weight excluding hydrogens is 284 g/mol. The number of ether oxygens (including phenoxy) is 1. The van der Waals surface area contributed by atoms with E-state index >= 15 is 0 Å². The van der Waals surface area contributed by atoms with Crippen molar-refractivity contribution >= 4 is 16.6 Å². The van der Waals surface area contributed by atoms with Crippen LogP contribution in [0.25, 0.3) is 0 Å². The standard InChI is InChI=1S/C15H28O3Si2/c1-16-15-12-13(10-11-17-19(2,3)4)8-9-14(15)18-20(5,6)7/h8-9,12H,10-11H2,1-7H3. The quantitative estimate of drug-likeness (QED) is 0.702. The third-order valence-electron chi connectivity index (χ3n) is 2.57. The molecule has 20 heavy (non-hydrogen) atoms. The van der Waals surface area contributed by atoms with Crippen molar-refractivity contribution in [3.05, 3.63) is 23.8 Å². The second-order valence-electron chi connectivity index (χ2n) is 6.91. The minimum absolute atomic E-state index is 0.771. The topological polar surface area (TPSA) is 27.7 Å². The van der Waals surface area contributed by atoms with E-state index in [0.717, 1.165) is 24.5 Å². The van der Waals surface area contributed by atoms with E-state index in [2.05, 4.69) is 51.4 Å². The van der Waals surface area contributed by atoms with E-state index in [1.165, 1.54) is 5.56 Å². The van der Waals surface area contributed by atoms with Gasteiger partial charge < -0.3 is 13.6 Å². The Labute approximate surface area is 125 Å². The van der Waals surface area contributed by atoms with Crippen LogP contribution in [-0.2, 0) is 10.8 Å². The molecule has 1 rings (SSSR count). The van der Waals surface area contributed by atoms with E-state index in [1.807, 2.05) is 6.07 Å². The molecule has 0 aliphatic carbocycles. The van der Waals surface area contributed by atoms with Crippen LogP contribution in [0.5, 0.6) is 11.5 Å². The highest BCUT2D eigenvalue weighted by atomic mass is 28.4. The van der Waals surface area contributed by atoms with E-state index in [0.29, 0.717) is 0 Å². The summed E-state index contributed by atoms with van der Waals surface area (Å²) in [5.74, 6) is 1.67. The zero-order valence-corrected chi connectivity index (χ0v) is 15.9. The molecule has 0 saturated heterocycles. The Morgan fingerprint density at radius 3 is 2.05 bits per heavy atom. The van der Waals surface area contributed by atoms with Gasteiger partial charge in [0.1, 0.15) is 5.75 Å². The molecule has 0 spiro atoms. The van der Waals surface area contributed by atoms with E-state index in [1.54, 1.807) is 7.11 Å². The van der Waals surface area contributed by atoms with Gasteiger partial charge >= 0.3 is 0 Å². The lowest BCUT2D eigenvalue weighted by molar-refractivity contribution is 0.315. The molecule has 0 aromatic heterocycles. The number of rotatable bonds is 7. The van der Waals surface area contributed by atoms with Gasteiger partial charge in [-0.1, -0.05) is 6.07 Å². The van der Waals surface area contributed by atoms with E-state index < -0.39 is 16.6 Å². The van der Waals surface area contributed by atoms with Crippen LogP contribution in [-0.4, -0.2) is 30.4 Å². The molecule has 1 aromatic rings. The average molecular weight is 313 g/mol. The number of methoxy groups -OCH3 is 1. The molecule has 5 heteroatoms. The molecule has 0 aliphatic rings. The average Bonchev–Trinajstić information content (AvgIpc) is 2.27. The van der Waals surface area contributed by atoms with Gasteiger partial charge in [-0.2, -0.15) is 0 Å². The van der Waals surface area contributed by atoms with Crippen LogP contribution >= 0.6 is 0 Å². The fraction of sp³-hybridized carbons (Fsp3) is 0.600. The zero-order valence-electron chi connectivity index (χ0n) is 13.9. The van der Waals surface area contributed by atoms with Gasteiger partial charge in [-0.15, -0.1) is 0 Å². The van der Waals surface area contributed by atoms with E-state index in [4.69, 9.17) is 13.6 Å². The maximum Gasteiger partial charge on any atom is 0.242 e. The predicted octanol–water partition coefficient (Wildman–Crippen LogP) is 4.30. The third kappa shape index (κ3) is 6.59. The van der Waals surface area contributed by atoms with Crippen molar-refractivity contribution in [1.82, 2.24) is 0 Å². The van der Waals surface area contributed by atoms with Gasteiger partial charge in [0, 0.05) is 6.61 Å². The van der Waals surface area contributed by atoms with Crippen molar-refractivity contribution in [2.24, 2.45) is 0 Å². The molecule has 114 valence electrons. The molecule has 0 heterocycles. The molecule has 3 nitrogen and oxygen atoms in total. The Morgan fingerprint density at radius 2 is 1.55 bits per heavy atom. The predicted molar refractivity (Wildman–Crippen MR) is 90.0 cm³/mol. The van der Waals surface area contributed by atoms with Crippen LogP contribution in [0.4, 0.5) is 0 Å². The van der Waals surface area contributed by atoms with Crippen molar-refractivity contribution < 1.29 is 13.6 Å². The summed E-state index contributed by atoms with van der Waals surface area (Å²) in [7, 11) is -1.35. The number of hydrogen-bond donors (Lipinski definition) is 0. The van der Waals surface area contributed by atoms with Crippen molar-refractivity contribution in [3.63, 3.8) is 0 Å². The lowest BCUT2D eigenvalue weighted by atomic mass is 10.1. The molecule has 0 amide bonds. The summed E-state index contributed by atoms with van der Waals surface area (Å²) in [4.78, 5) is 0. The van der Waals surface area contributed by atoms with Crippen LogP contribution in [0, 0.1) is 0 Å². The van der Waals surface area contributed by atoms with Crippen LogP contribution in [0.1, 0.15) is 5.56 Å². The van der Waals surface area contributed by atoms with Gasteiger partial charge in [0.25, 0.3) is 0 Å². The first-order chi connectivity index (χ1) is 9.11. The molecule has 0 fully saturated rings. The fourth-order valence-corrected chi connectivity index (χ4v) is 3.30. The molecule has 0 saturated carbocycles. The van der Waals surface area contributed by atoms with Crippen LogP contribution in [0.2, 0.25) is 39.3 Å². The minimum atomic E-state index is -1.61. The number of hydrogen-bond acceptors (Lipinski definition) is 3. The molecular formula is C15H28O3Si2. The highest BCUT2D eigenvalue weighted by Gasteiger charge is 2.19. The van der Waals surface area contributed by atoms with Crippen LogP contribution in [0.15, 0.2) is 18.2 Å². The second-order valence-corrected chi connectivity index (χ2v) is 15.9. The molecule has 0 aliphatic heterocycles. The summed E-state index contributed by atoms with van der Waals surface area (Å²) in [5, 5.41) is 0. The summed E-state index contributed by atoms with van der Waals surface area (Å²) >= 11 is 0. The van der Waals surface area contributed by atoms with Crippen molar-refractivity contribution in [2.45, 2.75) is 45.7 Å². The van der Waals surface area contributed by atoms with Crippen LogP contribution < -0.4 is 9.16 Å². The molecule has 0 atom stereocenters. The van der Waals surface area contributed by atoms with Gasteiger partial charge in [0.15, 0.2) is 14.1 Å². The SMILES string of the molecule is COc1cc(CCO[Si](C)(C)C)ccc1O[Si](C)(C)C. The van der Waals surface area contributed by atoms with Crippen molar-refractivity contribution in [3.8, 4) is 11.5 Å². The molecule has 1 aromatic carbocycles. The van der Waals surface area contributed by atoms with Gasteiger partial charge in [0.05, 0.1) is 7.11 Å². The van der Waals surface area contributed by atoms with Gasteiger partial charge in [-0.25, -0.2) is 0 Å². The lowest BCUT2D eigenvalue weighted by Gasteiger charge is -2.22. The largest absolute Gasteiger partial charge is 0.542 e. The summed E-state index contributed by atoms with van der Waals surface area (Å²) in [6.07, 6.45) is 0.911. The minimum Gasteiger partial charge on any atom is -0.542 e. The lowest BCUT2D eigenvalue weighted by Crippen LogP contribution is -2.29. The van der Waals surface area contributed by atoms with Gasteiger partial charge in [0.2, 0.25) is 8.32 Å². The molecule has 0 N–H and O–H groups in total. The van der Waals surface area contributed by atoms with Gasteiger partial charge in [-0.05, 0) is 63.4 Å². The first-order valence-electron chi connectivity index (χ1n) is 7.11. The van der Waals surface area contributed by atoms with Crippen molar-refractivity contribution in [2.75, 3.05) is 13.7 Å².